The molecular formula is C16H15N3S. The highest BCUT2D eigenvalue weighted by Crippen LogP contribution is 2.35. The van der Waals surface area contributed by atoms with E-state index >= 15 is 0 Å². The highest BCUT2D eigenvalue weighted by Gasteiger charge is 2.20. The summed E-state index contributed by atoms with van der Waals surface area (Å²) < 4.78 is 0. The molecule has 0 atom stereocenters. The Labute approximate surface area is 121 Å². The molecule has 0 saturated heterocycles. The molecule has 0 radical (unpaired) electrons. The third kappa shape index (κ3) is 1.76. The summed E-state index contributed by atoms with van der Waals surface area (Å²) in [7, 11) is 0. The van der Waals surface area contributed by atoms with Gasteiger partial charge in [-0.1, -0.05) is 18.2 Å². The zero-order valence-corrected chi connectivity index (χ0v) is 11.9. The van der Waals surface area contributed by atoms with Gasteiger partial charge in [-0.05, 0) is 29.5 Å². The Morgan fingerprint density at radius 1 is 1.20 bits per heavy atom. The maximum Gasteiger partial charge on any atom is 0.0745 e. The minimum absolute atomic E-state index is 0.766. The smallest absolute Gasteiger partial charge is 0.0745 e. The number of benzene rings is 1. The SMILES string of the molecule is Nc1cnc2ccccc2c1N1CCc2sccc2C1. The zero-order chi connectivity index (χ0) is 13.5. The summed E-state index contributed by atoms with van der Waals surface area (Å²) in [4.78, 5) is 8.32. The second-order valence-corrected chi connectivity index (χ2v) is 6.12. The van der Waals surface area contributed by atoms with E-state index in [0.717, 1.165) is 41.8 Å². The van der Waals surface area contributed by atoms with Crippen LogP contribution in [0.5, 0.6) is 0 Å². The van der Waals surface area contributed by atoms with Crippen molar-refractivity contribution in [3.63, 3.8) is 0 Å². The maximum atomic E-state index is 6.21. The summed E-state index contributed by atoms with van der Waals surface area (Å²) in [6.07, 6.45) is 2.88. The number of thiophene rings is 1. The molecule has 2 aromatic heterocycles. The molecule has 0 bridgehead atoms. The molecule has 0 fully saturated rings. The molecule has 0 aliphatic carbocycles. The number of pyridine rings is 1. The lowest BCUT2D eigenvalue weighted by Crippen LogP contribution is -2.30. The van der Waals surface area contributed by atoms with Crippen LogP contribution in [0.15, 0.2) is 41.9 Å². The molecule has 3 nitrogen and oxygen atoms in total. The van der Waals surface area contributed by atoms with Crippen molar-refractivity contribution >= 4 is 33.6 Å². The molecule has 0 saturated carbocycles. The number of nitrogen functional groups attached to an aromatic ring is 1. The Balaban J connectivity index is 1.85. The fraction of sp³-hybridized carbons (Fsp3) is 0.188. The zero-order valence-electron chi connectivity index (χ0n) is 11.0. The number of nitrogens with zero attached hydrogens (tertiary/aromatic N) is 2. The molecule has 1 aliphatic rings. The Kier molecular flexibility index (Phi) is 2.63. The lowest BCUT2D eigenvalue weighted by atomic mass is 10.1. The predicted molar refractivity (Wildman–Crippen MR) is 85.2 cm³/mol. The van der Waals surface area contributed by atoms with Gasteiger partial charge in [-0.15, -0.1) is 11.3 Å². The van der Waals surface area contributed by atoms with Crippen molar-refractivity contribution in [1.29, 1.82) is 0 Å². The summed E-state index contributed by atoms with van der Waals surface area (Å²) in [6.45, 7) is 1.96. The number of hydrogen-bond donors (Lipinski definition) is 1. The van der Waals surface area contributed by atoms with Crippen molar-refractivity contribution < 1.29 is 0 Å². The van der Waals surface area contributed by atoms with E-state index in [1.165, 1.54) is 10.4 Å². The van der Waals surface area contributed by atoms with E-state index in [2.05, 4.69) is 27.4 Å². The Hall–Kier alpha value is -2.07. The molecular weight excluding hydrogens is 266 g/mol. The van der Waals surface area contributed by atoms with Crippen LogP contribution < -0.4 is 10.6 Å². The molecule has 3 heterocycles. The van der Waals surface area contributed by atoms with Gasteiger partial charge in [0.05, 0.1) is 23.1 Å². The lowest BCUT2D eigenvalue weighted by molar-refractivity contribution is 0.747. The first-order valence-corrected chi connectivity index (χ1v) is 7.64. The number of para-hydroxylation sites is 1. The first-order valence-electron chi connectivity index (χ1n) is 6.76. The Morgan fingerprint density at radius 3 is 3.05 bits per heavy atom. The van der Waals surface area contributed by atoms with Crippen molar-refractivity contribution in [2.75, 3.05) is 17.2 Å². The second kappa shape index (κ2) is 4.49. The van der Waals surface area contributed by atoms with E-state index in [-0.39, 0.29) is 0 Å². The number of rotatable bonds is 1. The molecule has 3 aromatic rings. The average Bonchev–Trinajstić information content (AvgIpc) is 2.94. The first-order chi connectivity index (χ1) is 9.83. The first kappa shape index (κ1) is 11.7. The van der Waals surface area contributed by atoms with Crippen LogP contribution in [0.2, 0.25) is 0 Å². The average molecular weight is 281 g/mol. The van der Waals surface area contributed by atoms with Crippen LogP contribution in [0.3, 0.4) is 0 Å². The van der Waals surface area contributed by atoms with Gasteiger partial charge in [0.2, 0.25) is 0 Å². The molecule has 1 aliphatic heterocycles. The van der Waals surface area contributed by atoms with E-state index in [4.69, 9.17) is 5.73 Å². The summed E-state index contributed by atoms with van der Waals surface area (Å²) in [5, 5.41) is 3.33. The van der Waals surface area contributed by atoms with Gasteiger partial charge >= 0.3 is 0 Å². The van der Waals surface area contributed by atoms with Crippen molar-refractivity contribution in [2.24, 2.45) is 0 Å². The third-order valence-electron chi connectivity index (χ3n) is 3.90. The Morgan fingerprint density at radius 2 is 2.10 bits per heavy atom. The van der Waals surface area contributed by atoms with Crippen molar-refractivity contribution in [1.82, 2.24) is 4.98 Å². The van der Waals surface area contributed by atoms with Crippen molar-refractivity contribution in [3.8, 4) is 0 Å². The number of aromatic nitrogens is 1. The minimum atomic E-state index is 0.766. The van der Waals surface area contributed by atoms with Gasteiger partial charge in [-0.25, -0.2) is 0 Å². The number of hydrogen-bond acceptors (Lipinski definition) is 4. The van der Waals surface area contributed by atoms with E-state index in [0.29, 0.717) is 0 Å². The van der Waals surface area contributed by atoms with Gasteiger partial charge in [0.15, 0.2) is 0 Å². The van der Waals surface area contributed by atoms with Crippen LogP contribution in [0.25, 0.3) is 10.9 Å². The summed E-state index contributed by atoms with van der Waals surface area (Å²) in [6, 6.07) is 10.4. The standard InChI is InChI=1S/C16H15N3S/c17-13-9-18-14-4-2-1-3-12(14)16(13)19-7-5-15-11(10-19)6-8-20-15/h1-4,6,8-9H,5,7,10,17H2. The van der Waals surface area contributed by atoms with Crippen LogP contribution in [0.4, 0.5) is 11.4 Å². The van der Waals surface area contributed by atoms with Crippen molar-refractivity contribution in [2.45, 2.75) is 13.0 Å². The highest BCUT2D eigenvalue weighted by atomic mass is 32.1. The van der Waals surface area contributed by atoms with Gasteiger partial charge < -0.3 is 10.6 Å². The molecule has 0 unspecified atom stereocenters. The van der Waals surface area contributed by atoms with Crippen molar-refractivity contribution in [3.05, 3.63) is 52.3 Å². The second-order valence-electron chi connectivity index (χ2n) is 5.12. The van der Waals surface area contributed by atoms with Gasteiger partial charge in [-0.2, -0.15) is 0 Å². The fourth-order valence-electron chi connectivity index (χ4n) is 2.93. The van der Waals surface area contributed by atoms with Gasteiger partial charge in [-0.3, -0.25) is 4.98 Å². The molecule has 20 heavy (non-hydrogen) atoms. The van der Waals surface area contributed by atoms with E-state index < -0.39 is 0 Å². The molecule has 0 amide bonds. The number of nitrogens with two attached hydrogens (primary N) is 1. The van der Waals surface area contributed by atoms with E-state index in [1.807, 2.05) is 29.5 Å². The summed E-state index contributed by atoms with van der Waals surface area (Å²) in [5.41, 5.74) is 10.5. The van der Waals surface area contributed by atoms with E-state index in [9.17, 15) is 0 Å². The number of fused-ring (bicyclic) bond motifs is 2. The van der Waals surface area contributed by atoms with Gasteiger partial charge in [0.25, 0.3) is 0 Å². The van der Waals surface area contributed by atoms with Crippen LogP contribution >= 0.6 is 11.3 Å². The number of anilines is 2. The highest BCUT2D eigenvalue weighted by molar-refractivity contribution is 7.10. The van der Waals surface area contributed by atoms with Crippen LogP contribution in [-0.4, -0.2) is 11.5 Å². The van der Waals surface area contributed by atoms with Crippen LogP contribution in [0.1, 0.15) is 10.4 Å². The third-order valence-corrected chi connectivity index (χ3v) is 4.92. The molecule has 4 heteroatoms. The molecule has 0 spiro atoms. The topological polar surface area (TPSA) is 42.1 Å². The predicted octanol–water partition coefficient (Wildman–Crippen LogP) is 3.44. The van der Waals surface area contributed by atoms with Crippen LogP contribution in [-0.2, 0) is 13.0 Å². The summed E-state index contributed by atoms with van der Waals surface area (Å²) in [5.74, 6) is 0. The molecule has 4 rings (SSSR count). The molecule has 100 valence electrons. The largest absolute Gasteiger partial charge is 0.396 e. The van der Waals surface area contributed by atoms with Crippen LogP contribution in [0, 0.1) is 0 Å². The van der Waals surface area contributed by atoms with Gasteiger partial charge in [0.1, 0.15) is 0 Å². The molecule has 1 aromatic carbocycles. The van der Waals surface area contributed by atoms with E-state index in [1.54, 1.807) is 6.20 Å². The van der Waals surface area contributed by atoms with Gasteiger partial charge in [0, 0.05) is 23.4 Å². The monoisotopic (exact) mass is 281 g/mol. The normalized spacial score (nSPS) is 14.5. The minimum Gasteiger partial charge on any atom is -0.396 e. The maximum absolute atomic E-state index is 6.21. The Bertz CT molecular complexity index is 778. The molecule has 2 N–H and O–H groups in total. The lowest BCUT2D eigenvalue weighted by Gasteiger charge is -2.30. The fourth-order valence-corrected chi connectivity index (χ4v) is 3.82. The summed E-state index contributed by atoms with van der Waals surface area (Å²) >= 11 is 1.86. The quantitative estimate of drug-likeness (QED) is 0.743.